The molecule has 4 heteroatoms. The molecule has 0 amide bonds. The van der Waals surface area contributed by atoms with Crippen molar-refractivity contribution in [3.05, 3.63) is 11.8 Å². The van der Waals surface area contributed by atoms with Crippen LogP contribution in [0.15, 0.2) is 11.8 Å². The second-order valence-corrected chi connectivity index (χ2v) is 4.39. The van der Waals surface area contributed by atoms with Gasteiger partial charge in [-0.3, -0.25) is 0 Å². The molecule has 94 valence electrons. The van der Waals surface area contributed by atoms with E-state index in [0.717, 1.165) is 18.9 Å². The van der Waals surface area contributed by atoms with Crippen LogP contribution in [0.5, 0.6) is 0 Å². The van der Waals surface area contributed by atoms with Crippen molar-refractivity contribution in [3.8, 4) is 0 Å². The van der Waals surface area contributed by atoms with Crippen LogP contribution in [0.3, 0.4) is 0 Å². The SMILES string of the molecule is CCCCC(C)(F)C(N)=CC(=O)OC(C)C. The largest absolute Gasteiger partial charge is 0.460 e. The molecule has 1 unspecified atom stereocenters. The maximum Gasteiger partial charge on any atom is 0.332 e. The lowest BCUT2D eigenvalue weighted by molar-refractivity contribution is -0.141. The van der Waals surface area contributed by atoms with Crippen molar-refractivity contribution in [1.29, 1.82) is 0 Å². The quantitative estimate of drug-likeness (QED) is 0.565. The first kappa shape index (κ1) is 14.9. The van der Waals surface area contributed by atoms with E-state index in [0.29, 0.717) is 6.42 Å². The minimum atomic E-state index is -1.63. The molecule has 0 saturated heterocycles. The summed E-state index contributed by atoms with van der Waals surface area (Å²) in [5.41, 5.74) is 3.86. The summed E-state index contributed by atoms with van der Waals surface area (Å²) in [6, 6.07) is 0. The van der Waals surface area contributed by atoms with Gasteiger partial charge < -0.3 is 10.5 Å². The lowest BCUT2D eigenvalue weighted by atomic mass is 9.97. The molecule has 0 saturated carbocycles. The molecule has 0 fully saturated rings. The van der Waals surface area contributed by atoms with E-state index in [4.69, 9.17) is 10.5 Å². The van der Waals surface area contributed by atoms with Crippen LogP contribution < -0.4 is 5.73 Å². The second kappa shape index (κ2) is 6.51. The summed E-state index contributed by atoms with van der Waals surface area (Å²) in [7, 11) is 0. The fraction of sp³-hybridized carbons (Fsp3) is 0.750. The Labute approximate surface area is 96.8 Å². The summed E-state index contributed by atoms with van der Waals surface area (Å²) in [6.45, 7) is 6.82. The summed E-state index contributed by atoms with van der Waals surface area (Å²) in [6.07, 6.45) is 2.76. The molecule has 0 aliphatic heterocycles. The highest BCUT2D eigenvalue weighted by atomic mass is 19.1. The van der Waals surface area contributed by atoms with Crippen molar-refractivity contribution in [1.82, 2.24) is 0 Å². The average molecular weight is 231 g/mol. The second-order valence-electron chi connectivity index (χ2n) is 4.39. The van der Waals surface area contributed by atoms with E-state index in [-0.39, 0.29) is 11.8 Å². The van der Waals surface area contributed by atoms with E-state index in [9.17, 15) is 9.18 Å². The van der Waals surface area contributed by atoms with Crippen LogP contribution in [0.4, 0.5) is 4.39 Å². The zero-order chi connectivity index (χ0) is 12.8. The van der Waals surface area contributed by atoms with Gasteiger partial charge in [0.05, 0.1) is 11.8 Å². The first-order valence-corrected chi connectivity index (χ1v) is 5.66. The van der Waals surface area contributed by atoms with Crippen molar-refractivity contribution in [2.45, 2.75) is 58.7 Å². The summed E-state index contributed by atoms with van der Waals surface area (Å²) < 4.78 is 18.8. The number of halogens is 1. The smallest absolute Gasteiger partial charge is 0.332 e. The standard InChI is InChI=1S/C12H22FNO2/c1-5-6-7-12(4,13)10(14)8-11(15)16-9(2)3/h8-9H,5-7,14H2,1-4H3. The molecule has 1 atom stereocenters. The first-order chi connectivity index (χ1) is 7.29. The maximum absolute atomic E-state index is 14.0. The van der Waals surface area contributed by atoms with E-state index in [2.05, 4.69) is 0 Å². The molecule has 2 N–H and O–H groups in total. The number of carbonyl (C=O) groups is 1. The van der Waals surface area contributed by atoms with Gasteiger partial charge in [-0.1, -0.05) is 19.8 Å². The molecule has 0 aliphatic carbocycles. The van der Waals surface area contributed by atoms with Crippen LogP contribution in [0.25, 0.3) is 0 Å². The van der Waals surface area contributed by atoms with E-state index in [1.165, 1.54) is 6.92 Å². The number of nitrogens with two attached hydrogens (primary N) is 1. The molecule has 0 aromatic carbocycles. The number of allylic oxidation sites excluding steroid dienone is 1. The van der Waals surface area contributed by atoms with Gasteiger partial charge in [0.2, 0.25) is 0 Å². The predicted molar refractivity (Wildman–Crippen MR) is 62.5 cm³/mol. The molecule has 3 nitrogen and oxygen atoms in total. The van der Waals surface area contributed by atoms with Crippen molar-refractivity contribution in [2.75, 3.05) is 0 Å². The van der Waals surface area contributed by atoms with Gasteiger partial charge in [-0.25, -0.2) is 9.18 Å². The Morgan fingerprint density at radius 3 is 2.56 bits per heavy atom. The predicted octanol–water partition coefficient (Wildman–Crippen LogP) is 2.70. The summed E-state index contributed by atoms with van der Waals surface area (Å²) in [5.74, 6) is -0.590. The van der Waals surface area contributed by atoms with Crippen LogP contribution in [0.2, 0.25) is 0 Å². The number of hydrogen-bond acceptors (Lipinski definition) is 3. The number of alkyl halides is 1. The van der Waals surface area contributed by atoms with Gasteiger partial charge >= 0.3 is 5.97 Å². The third-order valence-corrected chi connectivity index (χ3v) is 2.23. The Balaban J connectivity index is 4.44. The number of rotatable bonds is 6. The Morgan fingerprint density at radius 2 is 2.12 bits per heavy atom. The number of ether oxygens (including phenoxy) is 1. The summed E-state index contributed by atoms with van der Waals surface area (Å²) in [5, 5.41) is 0. The molecule has 0 radical (unpaired) electrons. The zero-order valence-electron chi connectivity index (χ0n) is 10.5. The van der Waals surface area contributed by atoms with E-state index in [1.807, 2.05) is 6.92 Å². The molecule has 0 spiro atoms. The van der Waals surface area contributed by atoms with Crippen molar-refractivity contribution >= 4 is 5.97 Å². The number of unbranched alkanes of at least 4 members (excludes halogenated alkanes) is 1. The molecule has 0 aromatic rings. The third kappa shape index (κ3) is 5.73. The first-order valence-electron chi connectivity index (χ1n) is 5.66. The van der Waals surface area contributed by atoms with Crippen molar-refractivity contribution < 1.29 is 13.9 Å². The average Bonchev–Trinajstić information content (AvgIpc) is 2.13. The van der Waals surface area contributed by atoms with Crippen LogP contribution in [-0.2, 0) is 9.53 Å². The monoisotopic (exact) mass is 231 g/mol. The zero-order valence-corrected chi connectivity index (χ0v) is 10.5. The normalized spacial score (nSPS) is 16.0. The van der Waals surface area contributed by atoms with Gasteiger partial charge in [0.25, 0.3) is 0 Å². The topological polar surface area (TPSA) is 52.3 Å². The highest BCUT2D eigenvalue weighted by molar-refractivity contribution is 5.83. The fourth-order valence-corrected chi connectivity index (χ4v) is 1.20. The Morgan fingerprint density at radius 1 is 1.56 bits per heavy atom. The maximum atomic E-state index is 14.0. The highest BCUT2D eigenvalue weighted by Crippen LogP contribution is 2.24. The van der Waals surface area contributed by atoms with Crippen LogP contribution >= 0.6 is 0 Å². The van der Waals surface area contributed by atoms with E-state index < -0.39 is 11.6 Å². The van der Waals surface area contributed by atoms with Gasteiger partial charge in [-0.15, -0.1) is 0 Å². The van der Waals surface area contributed by atoms with Gasteiger partial charge in [-0.2, -0.15) is 0 Å². The lowest BCUT2D eigenvalue weighted by Gasteiger charge is -2.20. The summed E-state index contributed by atoms with van der Waals surface area (Å²) >= 11 is 0. The Hall–Kier alpha value is -1.06. The number of hydrogen-bond donors (Lipinski definition) is 1. The van der Waals surface area contributed by atoms with Crippen LogP contribution in [0, 0.1) is 0 Å². The highest BCUT2D eigenvalue weighted by Gasteiger charge is 2.26. The molecule has 0 aromatic heterocycles. The Kier molecular flexibility index (Phi) is 6.08. The number of carbonyl (C=O) groups excluding carboxylic acids is 1. The minimum absolute atomic E-state index is 0.0633. The van der Waals surface area contributed by atoms with E-state index >= 15 is 0 Å². The van der Waals surface area contributed by atoms with E-state index in [1.54, 1.807) is 13.8 Å². The van der Waals surface area contributed by atoms with Crippen LogP contribution in [-0.4, -0.2) is 17.7 Å². The molecule has 0 heterocycles. The van der Waals surface area contributed by atoms with Gasteiger partial charge in [0.1, 0.15) is 5.67 Å². The molecular formula is C12H22FNO2. The number of esters is 1. The summed E-state index contributed by atoms with van der Waals surface area (Å²) in [4.78, 5) is 11.2. The Bertz CT molecular complexity index is 260. The van der Waals surface area contributed by atoms with Crippen LogP contribution in [0.1, 0.15) is 47.0 Å². The molecule has 0 bridgehead atoms. The van der Waals surface area contributed by atoms with Gasteiger partial charge in [0, 0.05) is 6.08 Å². The van der Waals surface area contributed by atoms with Crippen molar-refractivity contribution in [2.24, 2.45) is 5.73 Å². The molecule has 0 aliphatic rings. The fourth-order valence-electron chi connectivity index (χ4n) is 1.20. The minimum Gasteiger partial charge on any atom is -0.460 e. The molecular weight excluding hydrogens is 209 g/mol. The van der Waals surface area contributed by atoms with Gasteiger partial charge in [-0.05, 0) is 27.2 Å². The van der Waals surface area contributed by atoms with Crippen molar-refractivity contribution in [3.63, 3.8) is 0 Å². The molecule has 0 rings (SSSR count). The van der Waals surface area contributed by atoms with Gasteiger partial charge in [0.15, 0.2) is 0 Å². The lowest BCUT2D eigenvalue weighted by Crippen LogP contribution is -2.28. The molecule has 16 heavy (non-hydrogen) atoms. The third-order valence-electron chi connectivity index (χ3n) is 2.23.